The molecule has 0 saturated carbocycles. The highest BCUT2D eigenvalue weighted by Crippen LogP contribution is 2.48. The van der Waals surface area contributed by atoms with Gasteiger partial charge in [-0.15, -0.1) is 0 Å². The molecule has 0 heterocycles. The molecule has 0 radical (unpaired) electrons. The molecule has 0 spiro atoms. The molecule has 0 aliphatic carbocycles. The minimum atomic E-state index is 1.09. The second kappa shape index (κ2) is 16.7. The third-order valence-electron chi connectivity index (χ3n) is 12.3. The Balaban J connectivity index is 1.04. The number of nitrogens with zero attached hydrogens (tertiary/aromatic N) is 1. The first-order valence-electron chi connectivity index (χ1n) is 21.7. The summed E-state index contributed by atoms with van der Waals surface area (Å²) in [6.45, 7) is 0. The van der Waals surface area contributed by atoms with Crippen molar-refractivity contribution >= 4 is 38.6 Å². The first-order chi connectivity index (χ1) is 31.3. The highest BCUT2D eigenvalue weighted by atomic mass is 15.1. The van der Waals surface area contributed by atoms with E-state index in [1.54, 1.807) is 0 Å². The summed E-state index contributed by atoms with van der Waals surface area (Å²) in [6, 6.07) is 94.5. The van der Waals surface area contributed by atoms with Gasteiger partial charge in [0.1, 0.15) is 0 Å². The largest absolute Gasteiger partial charge is 0.310 e. The highest BCUT2D eigenvalue weighted by molar-refractivity contribution is 6.24. The van der Waals surface area contributed by atoms with Crippen LogP contribution in [-0.2, 0) is 0 Å². The molecule has 1 heteroatoms. The number of hydrogen-bond donors (Lipinski definition) is 0. The van der Waals surface area contributed by atoms with Crippen LogP contribution in [0.1, 0.15) is 0 Å². The fourth-order valence-corrected chi connectivity index (χ4v) is 9.26. The van der Waals surface area contributed by atoms with E-state index in [4.69, 9.17) is 0 Å². The van der Waals surface area contributed by atoms with Gasteiger partial charge in [-0.3, -0.25) is 0 Å². The molecule has 0 N–H and O–H groups in total. The molecule has 11 rings (SSSR count). The Morgan fingerprint density at radius 2 is 0.587 bits per heavy atom. The third-order valence-corrected chi connectivity index (χ3v) is 12.3. The van der Waals surface area contributed by atoms with Gasteiger partial charge in [0.15, 0.2) is 0 Å². The van der Waals surface area contributed by atoms with Crippen molar-refractivity contribution in [1.29, 1.82) is 0 Å². The van der Waals surface area contributed by atoms with Gasteiger partial charge in [-0.1, -0.05) is 224 Å². The lowest BCUT2D eigenvalue weighted by Crippen LogP contribution is -2.10. The number of benzene rings is 11. The second-order valence-corrected chi connectivity index (χ2v) is 16.0. The molecule has 11 aromatic carbocycles. The molecule has 0 unspecified atom stereocenters. The maximum absolute atomic E-state index is 2.37. The van der Waals surface area contributed by atoms with Gasteiger partial charge >= 0.3 is 0 Å². The first kappa shape index (κ1) is 37.7. The topological polar surface area (TPSA) is 3.24 Å². The fraction of sp³-hybridized carbons (Fsp3) is 0. The lowest BCUT2D eigenvalue weighted by atomic mass is 9.82. The van der Waals surface area contributed by atoms with Gasteiger partial charge in [-0.2, -0.15) is 0 Å². The molecular weight excluding hydrogens is 759 g/mol. The van der Waals surface area contributed by atoms with Gasteiger partial charge in [0.05, 0.1) is 0 Å². The monoisotopic (exact) mass is 801 g/mol. The van der Waals surface area contributed by atoms with E-state index in [1.165, 1.54) is 88.3 Å². The molecule has 0 aliphatic rings. The van der Waals surface area contributed by atoms with Gasteiger partial charge in [0.25, 0.3) is 0 Å². The van der Waals surface area contributed by atoms with Crippen LogP contribution in [0.15, 0.2) is 261 Å². The molecule has 0 fully saturated rings. The minimum Gasteiger partial charge on any atom is -0.310 e. The molecule has 0 aromatic heterocycles. The molecule has 0 aliphatic heterocycles. The normalized spacial score (nSPS) is 11.2. The SMILES string of the molecule is c1ccc(-c2ccc(-c3ccc(N(c4ccc(-c5cccc6c5c(-c5ccccc5)c(-c5ccccc5)c5ccccc56)cc4)c4cccc(-c5ccccc5)c4)cc3)cc2)cc1. The van der Waals surface area contributed by atoms with Crippen LogP contribution < -0.4 is 4.90 Å². The van der Waals surface area contributed by atoms with Crippen molar-refractivity contribution in [3.63, 3.8) is 0 Å². The zero-order chi connectivity index (χ0) is 42.0. The number of rotatable bonds is 9. The molecule has 0 bridgehead atoms. The Morgan fingerprint density at radius 1 is 0.206 bits per heavy atom. The molecule has 63 heavy (non-hydrogen) atoms. The van der Waals surface area contributed by atoms with E-state index in [2.05, 4.69) is 266 Å². The average molecular weight is 802 g/mol. The van der Waals surface area contributed by atoms with Crippen LogP contribution in [0, 0.1) is 0 Å². The van der Waals surface area contributed by atoms with Crippen LogP contribution in [0.2, 0.25) is 0 Å². The summed E-state index contributed by atoms with van der Waals surface area (Å²) < 4.78 is 0. The van der Waals surface area contributed by atoms with E-state index >= 15 is 0 Å². The van der Waals surface area contributed by atoms with Crippen molar-refractivity contribution in [2.45, 2.75) is 0 Å². The summed E-state index contributed by atoms with van der Waals surface area (Å²) in [6.07, 6.45) is 0. The number of anilines is 3. The zero-order valence-corrected chi connectivity index (χ0v) is 34.8. The molecular formula is C62H43N. The summed E-state index contributed by atoms with van der Waals surface area (Å²) in [5, 5.41) is 5.02. The van der Waals surface area contributed by atoms with E-state index in [0.29, 0.717) is 0 Å². The molecule has 0 saturated heterocycles. The van der Waals surface area contributed by atoms with Crippen LogP contribution >= 0.6 is 0 Å². The van der Waals surface area contributed by atoms with Gasteiger partial charge < -0.3 is 4.90 Å². The Hall–Kier alpha value is -8.26. The number of hydrogen-bond acceptors (Lipinski definition) is 1. The minimum absolute atomic E-state index is 1.09. The smallest absolute Gasteiger partial charge is 0.0467 e. The quantitative estimate of drug-likeness (QED) is 0.131. The Kier molecular flexibility index (Phi) is 9.97. The Bertz CT molecular complexity index is 3320. The molecule has 0 atom stereocenters. The molecule has 11 aromatic rings. The van der Waals surface area contributed by atoms with Gasteiger partial charge in [0.2, 0.25) is 0 Å². The summed E-state index contributed by atoms with van der Waals surface area (Å²) in [5.41, 5.74) is 17.8. The lowest BCUT2D eigenvalue weighted by molar-refractivity contribution is 1.28. The molecule has 296 valence electrons. The average Bonchev–Trinajstić information content (AvgIpc) is 3.37. The van der Waals surface area contributed by atoms with Crippen LogP contribution in [0.3, 0.4) is 0 Å². The Morgan fingerprint density at radius 3 is 1.14 bits per heavy atom. The van der Waals surface area contributed by atoms with Gasteiger partial charge in [-0.25, -0.2) is 0 Å². The van der Waals surface area contributed by atoms with Crippen LogP contribution in [0.4, 0.5) is 17.1 Å². The predicted molar refractivity (Wildman–Crippen MR) is 269 cm³/mol. The Labute approximate surface area is 369 Å². The third kappa shape index (κ3) is 7.26. The lowest BCUT2D eigenvalue weighted by Gasteiger charge is -2.27. The predicted octanol–water partition coefficient (Wildman–Crippen LogP) is 17.5. The van der Waals surface area contributed by atoms with Crippen molar-refractivity contribution in [3.05, 3.63) is 261 Å². The highest BCUT2D eigenvalue weighted by Gasteiger charge is 2.21. The summed E-state index contributed by atoms with van der Waals surface area (Å²) >= 11 is 0. The van der Waals surface area contributed by atoms with E-state index in [9.17, 15) is 0 Å². The summed E-state index contributed by atoms with van der Waals surface area (Å²) in [4.78, 5) is 2.37. The molecule has 0 amide bonds. The van der Waals surface area contributed by atoms with Crippen LogP contribution in [0.25, 0.3) is 88.3 Å². The maximum Gasteiger partial charge on any atom is 0.0467 e. The van der Waals surface area contributed by atoms with E-state index < -0.39 is 0 Å². The van der Waals surface area contributed by atoms with Crippen molar-refractivity contribution in [3.8, 4) is 66.8 Å². The summed E-state index contributed by atoms with van der Waals surface area (Å²) in [7, 11) is 0. The van der Waals surface area contributed by atoms with E-state index in [1.807, 2.05) is 0 Å². The van der Waals surface area contributed by atoms with Crippen molar-refractivity contribution in [2.75, 3.05) is 4.90 Å². The van der Waals surface area contributed by atoms with Crippen molar-refractivity contribution in [1.82, 2.24) is 0 Å². The molecule has 1 nitrogen and oxygen atoms in total. The maximum atomic E-state index is 2.37. The van der Waals surface area contributed by atoms with Crippen LogP contribution in [0.5, 0.6) is 0 Å². The first-order valence-corrected chi connectivity index (χ1v) is 21.7. The van der Waals surface area contributed by atoms with Crippen molar-refractivity contribution < 1.29 is 0 Å². The van der Waals surface area contributed by atoms with Gasteiger partial charge in [0, 0.05) is 17.1 Å². The standard InChI is InChI=1S/C62H43N/c1-5-17-44(18-6-1)46-31-33-47(34-32-46)48-35-39-53(40-36-48)63(55-26-15-25-52(43-55)45-19-7-2-8-20-45)54-41-37-49(38-42-54)56-29-16-30-59-57-27-13-14-28-58(57)60(50-21-9-3-10-22-50)61(62(56)59)51-23-11-4-12-24-51/h1-43H. The number of fused-ring (bicyclic) bond motifs is 3. The second-order valence-electron chi connectivity index (χ2n) is 16.0. The van der Waals surface area contributed by atoms with Crippen LogP contribution in [-0.4, -0.2) is 0 Å². The zero-order valence-electron chi connectivity index (χ0n) is 34.8. The summed E-state index contributed by atoms with van der Waals surface area (Å²) in [5.74, 6) is 0. The fourth-order valence-electron chi connectivity index (χ4n) is 9.26. The van der Waals surface area contributed by atoms with E-state index in [0.717, 1.165) is 17.1 Å². The van der Waals surface area contributed by atoms with Gasteiger partial charge in [-0.05, 0) is 125 Å². The van der Waals surface area contributed by atoms with E-state index in [-0.39, 0.29) is 0 Å². The van der Waals surface area contributed by atoms with Crippen molar-refractivity contribution in [2.24, 2.45) is 0 Å².